The zero-order valence-electron chi connectivity index (χ0n) is 11.6. The topological polar surface area (TPSA) is 52.7 Å². The van der Waals surface area contributed by atoms with Crippen molar-refractivity contribution in [2.24, 2.45) is 0 Å². The molecule has 6 heteroatoms. The Balaban J connectivity index is 2.01. The minimum Gasteiger partial charge on any atom is -0.332 e. The lowest BCUT2D eigenvalue weighted by atomic mass is 10.2. The number of amides is 2. The van der Waals surface area contributed by atoms with E-state index in [4.69, 9.17) is 11.6 Å². The molecule has 20 heavy (non-hydrogen) atoms. The number of nitrogens with zero attached hydrogens (tertiary/aromatic N) is 2. The summed E-state index contributed by atoms with van der Waals surface area (Å²) in [6, 6.07) is 5.19. The van der Waals surface area contributed by atoms with Crippen LogP contribution in [0.5, 0.6) is 0 Å². The van der Waals surface area contributed by atoms with Crippen LogP contribution in [0.4, 0.5) is 5.69 Å². The molecular weight excluding hydrogens is 278 g/mol. The van der Waals surface area contributed by atoms with Crippen molar-refractivity contribution in [3.05, 3.63) is 28.8 Å². The average molecular weight is 296 g/mol. The summed E-state index contributed by atoms with van der Waals surface area (Å²) in [5.74, 6) is -1.10. The van der Waals surface area contributed by atoms with Crippen LogP contribution in [0.25, 0.3) is 0 Å². The van der Waals surface area contributed by atoms with E-state index < -0.39 is 11.8 Å². The molecule has 0 radical (unpaired) electrons. The number of carbonyl (C=O) groups excluding carboxylic acids is 2. The molecule has 2 amide bonds. The molecule has 5 nitrogen and oxygen atoms in total. The zero-order valence-corrected chi connectivity index (χ0v) is 12.4. The summed E-state index contributed by atoms with van der Waals surface area (Å²) >= 11 is 5.89. The molecule has 108 valence electrons. The number of piperazine rings is 1. The largest absolute Gasteiger partial charge is 0.332 e. The molecule has 1 N–H and O–H groups in total. The molecule has 1 aromatic rings. The molecule has 1 aliphatic rings. The Labute approximate surface area is 123 Å². The summed E-state index contributed by atoms with van der Waals surface area (Å²) in [5, 5.41) is 3.16. The minimum atomic E-state index is -0.611. The lowest BCUT2D eigenvalue weighted by Gasteiger charge is -2.31. The van der Waals surface area contributed by atoms with Crippen molar-refractivity contribution in [3.8, 4) is 0 Å². The van der Waals surface area contributed by atoms with Gasteiger partial charge in [-0.1, -0.05) is 17.7 Å². The molecule has 1 aliphatic heterocycles. The lowest BCUT2D eigenvalue weighted by Crippen LogP contribution is -2.50. The number of nitrogens with one attached hydrogen (secondary N) is 1. The maximum absolute atomic E-state index is 12.1. The number of halogens is 1. The number of carbonyl (C=O) groups is 2. The highest BCUT2D eigenvalue weighted by atomic mass is 35.5. The molecule has 0 aromatic heterocycles. The molecule has 1 fully saturated rings. The van der Waals surface area contributed by atoms with Crippen molar-refractivity contribution in [2.75, 3.05) is 38.5 Å². The van der Waals surface area contributed by atoms with E-state index in [2.05, 4.69) is 10.2 Å². The van der Waals surface area contributed by atoms with Gasteiger partial charge in [0, 0.05) is 36.9 Å². The van der Waals surface area contributed by atoms with E-state index in [9.17, 15) is 9.59 Å². The third kappa shape index (κ3) is 3.49. The maximum atomic E-state index is 12.1. The SMILES string of the molecule is Cc1ccc(Cl)cc1NC(=O)C(=O)N1CCN(C)CC1. The molecule has 1 heterocycles. The Bertz CT molecular complexity index is 525. The molecule has 0 bridgehead atoms. The second kappa shape index (κ2) is 6.24. The van der Waals surface area contributed by atoms with Crippen LogP contribution in [-0.2, 0) is 9.59 Å². The van der Waals surface area contributed by atoms with Gasteiger partial charge in [-0.2, -0.15) is 0 Å². The van der Waals surface area contributed by atoms with Gasteiger partial charge in [-0.15, -0.1) is 0 Å². The molecular formula is C14H18ClN3O2. The highest BCUT2D eigenvalue weighted by Gasteiger charge is 2.25. The van der Waals surface area contributed by atoms with Crippen LogP contribution >= 0.6 is 11.6 Å². The van der Waals surface area contributed by atoms with Crippen molar-refractivity contribution < 1.29 is 9.59 Å². The number of hydrogen-bond acceptors (Lipinski definition) is 3. The fourth-order valence-corrected chi connectivity index (χ4v) is 2.23. The first kappa shape index (κ1) is 14.8. The first-order valence-electron chi connectivity index (χ1n) is 6.52. The molecule has 0 aliphatic carbocycles. The van der Waals surface area contributed by atoms with Crippen LogP contribution in [0.2, 0.25) is 5.02 Å². The van der Waals surface area contributed by atoms with Gasteiger partial charge in [-0.25, -0.2) is 0 Å². The fourth-order valence-electron chi connectivity index (χ4n) is 2.06. The maximum Gasteiger partial charge on any atom is 0.313 e. The van der Waals surface area contributed by atoms with Crippen molar-refractivity contribution in [2.45, 2.75) is 6.92 Å². The van der Waals surface area contributed by atoms with E-state index in [1.54, 1.807) is 23.1 Å². The van der Waals surface area contributed by atoms with E-state index in [0.717, 1.165) is 18.7 Å². The van der Waals surface area contributed by atoms with E-state index in [0.29, 0.717) is 23.8 Å². The number of aryl methyl sites for hydroxylation is 1. The first-order chi connectivity index (χ1) is 9.47. The van der Waals surface area contributed by atoms with Crippen LogP contribution in [0.1, 0.15) is 5.56 Å². The van der Waals surface area contributed by atoms with Gasteiger partial charge < -0.3 is 15.1 Å². The third-order valence-electron chi connectivity index (χ3n) is 3.43. The number of hydrogen-bond donors (Lipinski definition) is 1. The Hall–Kier alpha value is -1.59. The molecule has 1 aromatic carbocycles. The quantitative estimate of drug-likeness (QED) is 0.796. The first-order valence-corrected chi connectivity index (χ1v) is 6.90. The number of anilines is 1. The summed E-state index contributed by atoms with van der Waals surface area (Å²) in [5.41, 5.74) is 1.44. The van der Waals surface area contributed by atoms with Gasteiger partial charge in [-0.05, 0) is 31.7 Å². The van der Waals surface area contributed by atoms with Gasteiger partial charge in [0.1, 0.15) is 0 Å². The highest BCUT2D eigenvalue weighted by molar-refractivity contribution is 6.39. The molecule has 0 spiro atoms. The molecule has 0 atom stereocenters. The number of likely N-dealkylation sites (N-methyl/N-ethyl adjacent to an activating group) is 1. The predicted octanol–water partition coefficient (Wildman–Crippen LogP) is 1.36. The smallest absolute Gasteiger partial charge is 0.313 e. The van der Waals surface area contributed by atoms with Crippen LogP contribution in [0, 0.1) is 6.92 Å². The van der Waals surface area contributed by atoms with Crippen LogP contribution < -0.4 is 5.32 Å². The van der Waals surface area contributed by atoms with Gasteiger partial charge in [0.25, 0.3) is 0 Å². The summed E-state index contributed by atoms with van der Waals surface area (Å²) < 4.78 is 0. The average Bonchev–Trinajstić information content (AvgIpc) is 2.43. The standard InChI is InChI=1S/C14H18ClN3O2/c1-10-3-4-11(15)9-12(10)16-13(19)14(20)18-7-5-17(2)6-8-18/h3-4,9H,5-8H2,1-2H3,(H,16,19). The second-order valence-electron chi connectivity index (χ2n) is 5.01. The lowest BCUT2D eigenvalue weighted by molar-refractivity contribution is -0.144. The van der Waals surface area contributed by atoms with Crippen LogP contribution in [0.3, 0.4) is 0 Å². The van der Waals surface area contributed by atoms with Crippen molar-refractivity contribution in [3.63, 3.8) is 0 Å². The van der Waals surface area contributed by atoms with E-state index >= 15 is 0 Å². The Morgan fingerprint density at radius 2 is 1.85 bits per heavy atom. The van der Waals surface area contributed by atoms with E-state index in [1.165, 1.54) is 0 Å². The van der Waals surface area contributed by atoms with Gasteiger partial charge in [0.15, 0.2) is 0 Å². The molecule has 0 saturated carbocycles. The second-order valence-corrected chi connectivity index (χ2v) is 5.45. The minimum absolute atomic E-state index is 0.488. The van der Waals surface area contributed by atoms with Crippen LogP contribution in [0.15, 0.2) is 18.2 Å². The normalized spacial score (nSPS) is 16.1. The van der Waals surface area contributed by atoms with Crippen molar-refractivity contribution in [1.29, 1.82) is 0 Å². The Morgan fingerprint density at radius 3 is 2.50 bits per heavy atom. The summed E-state index contributed by atoms with van der Waals surface area (Å²) in [7, 11) is 2.00. The highest BCUT2D eigenvalue weighted by Crippen LogP contribution is 2.20. The van der Waals surface area contributed by atoms with E-state index in [1.807, 2.05) is 14.0 Å². The predicted molar refractivity (Wildman–Crippen MR) is 78.9 cm³/mol. The molecule has 1 saturated heterocycles. The summed E-state index contributed by atoms with van der Waals surface area (Å²) in [6.45, 7) is 4.59. The molecule has 2 rings (SSSR count). The van der Waals surface area contributed by atoms with Gasteiger partial charge >= 0.3 is 11.8 Å². The summed E-state index contributed by atoms with van der Waals surface area (Å²) in [6.07, 6.45) is 0. The molecule has 0 unspecified atom stereocenters. The fraction of sp³-hybridized carbons (Fsp3) is 0.429. The van der Waals surface area contributed by atoms with E-state index in [-0.39, 0.29) is 0 Å². The number of benzene rings is 1. The third-order valence-corrected chi connectivity index (χ3v) is 3.67. The van der Waals surface area contributed by atoms with Gasteiger partial charge in [-0.3, -0.25) is 9.59 Å². The van der Waals surface area contributed by atoms with Gasteiger partial charge in [0.2, 0.25) is 0 Å². The van der Waals surface area contributed by atoms with Gasteiger partial charge in [0.05, 0.1) is 0 Å². The van der Waals surface area contributed by atoms with Crippen molar-refractivity contribution >= 4 is 29.1 Å². The zero-order chi connectivity index (χ0) is 14.7. The Kier molecular flexibility index (Phi) is 4.62. The number of rotatable bonds is 1. The van der Waals surface area contributed by atoms with Crippen molar-refractivity contribution in [1.82, 2.24) is 9.80 Å². The monoisotopic (exact) mass is 295 g/mol. The van der Waals surface area contributed by atoms with Crippen LogP contribution in [-0.4, -0.2) is 54.8 Å². The Morgan fingerprint density at radius 1 is 1.20 bits per heavy atom. The summed E-state index contributed by atoms with van der Waals surface area (Å²) in [4.78, 5) is 27.8.